The first-order chi connectivity index (χ1) is 12.6. The van der Waals surface area contributed by atoms with E-state index in [-0.39, 0.29) is 17.8 Å². The van der Waals surface area contributed by atoms with Crippen LogP contribution in [-0.4, -0.2) is 40.9 Å². The number of nitrogens with one attached hydrogen (secondary N) is 2. The van der Waals surface area contributed by atoms with Gasteiger partial charge < -0.3 is 19.9 Å². The van der Waals surface area contributed by atoms with Crippen molar-refractivity contribution in [3.05, 3.63) is 0 Å². The molecule has 0 aromatic carbocycles. The molecule has 1 aromatic rings. The Morgan fingerprint density at radius 1 is 0.923 bits per heavy atom. The molecule has 0 radical (unpaired) electrons. The molecule has 0 amide bonds. The maximum absolute atomic E-state index is 7.07. The van der Waals surface area contributed by atoms with Crippen LogP contribution in [0.4, 0.5) is 17.8 Å². The Bertz CT molecular complexity index is 504. The van der Waals surface area contributed by atoms with Crippen LogP contribution in [0, 0.1) is 5.53 Å². The summed E-state index contributed by atoms with van der Waals surface area (Å²) in [5.74, 6) is -0.0874. The molecule has 0 fully saturated rings. The first-order valence-corrected chi connectivity index (χ1v) is 9.18. The lowest BCUT2D eigenvalue weighted by atomic mass is 10.3. The standard InChI is InChI=1S/C16H31N7O3/c1-4-7-10-24-16(25-11-8-5-2,26-12-9-6-3)22-14-19-13(17)20-15(21-14)23-18/h18H,4-12H2,1-3H3,(H3,17,19,20,21,22). The zero-order chi connectivity index (χ0) is 19.3. The molecule has 0 atom stereocenters. The van der Waals surface area contributed by atoms with Crippen molar-refractivity contribution in [2.75, 3.05) is 30.9 Å². The fraction of sp³-hybridized carbons (Fsp3) is 0.812. The topological polar surface area (TPSA) is 141 Å². The van der Waals surface area contributed by atoms with Gasteiger partial charge in [0.25, 0.3) is 5.95 Å². The highest BCUT2D eigenvalue weighted by Crippen LogP contribution is 2.21. The van der Waals surface area contributed by atoms with Crippen LogP contribution in [0.5, 0.6) is 0 Å². The fourth-order valence-electron chi connectivity index (χ4n) is 1.91. The minimum Gasteiger partial charge on any atom is -0.368 e. The molecule has 0 aliphatic heterocycles. The molecule has 26 heavy (non-hydrogen) atoms. The van der Waals surface area contributed by atoms with Gasteiger partial charge in [0.05, 0.1) is 19.8 Å². The van der Waals surface area contributed by atoms with Gasteiger partial charge in [0.1, 0.15) is 0 Å². The summed E-state index contributed by atoms with van der Waals surface area (Å²) in [5, 5.41) is 6.13. The average Bonchev–Trinajstić information content (AvgIpc) is 2.62. The number of unbranched alkanes of at least 4 members (excludes halogenated alkanes) is 3. The number of hydrogen-bond donors (Lipinski definition) is 3. The van der Waals surface area contributed by atoms with E-state index in [9.17, 15) is 0 Å². The number of nitrogens with zero attached hydrogens (tertiary/aromatic N) is 4. The molecular weight excluding hydrogens is 338 g/mol. The van der Waals surface area contributed by atoms with Crippen molar-refractivity contribution in [2.24, 2.45) is 5.11 Å². The van der Waals surface area contributed by atoms with Crippen LogP contribution in [-0.2, 0) is 14.2 Å². The minimum atomic E-state index is -1.52. The summed E-state index contributed by atoms with van der Waals surface area (Å²) in [7, 11) is 0. The lowest BCUT2D eigenvalue weighted by molar-refractivity contribution is -0.363. The monoisotopic (exact) mass is 369 g/mol. The summed E-state index contributed by atoms with van der Waals surface area (Å²) in [6, 6.07) is 0. The van der Waals surface area contributed by atoms with Crippen LogP contribution in [0.2, 0.25) is 0 Å². The van der Waals surface area contributed by atoms with Crippen LogP contribution in [0.15, 0.2) is 5.11 Å². The van der Waals surface area contributed by atoms with Crippen LogP contribution in [0.3, 0.4) is 0 Å². The molecular formula is C16H31N7O3. The number of aromatic nitrogens is 3. The van der Waals surface area contributed by atoms with Crippen LogP contribution < -0.4 is 11.1 Å². The Kier molecular flexibility index (Phi) is 10.6. The van der Waals surface area contributed by atoms with E-state index in [1.54, 1.807) is 0 Å². The number of nitrogen functional groups attached to an aromatic ring is 1. The van der Waals surface area contributed by atoms with Crippen molar-refractivity contribution in [3.63, 3.8) is 0 Å². The first kappa shape index (κ1) is 22.1. The third-order valence-electron chi connectivity index (χ3n) is 3.38. The summed E-state index contributed by atoms with van der Waals surface area (Å²) in [6.07, 6.45) is 3.95. The molecule has 1 rings (SSSR count). The van der Waals surface area contributed by atoms with E-state index in [0.29, 0.717) is 19.8 Å². The van der Waals surface area contributed by atoms with Gasteiger partial charge in [0.15, 0.2) is 0 Å². The van der Waals surface area contributed by atoms with Crippen molar-refractivity contribution >= 4 is 17.8 Å². The number of anilines is 2. The van der Waals surface area contributed by atoms with E-state index < -0.39 is 6.10 Å². The Hall–Kier alpha value is -1.91. The molecule has 0 saturated heterocycles. The zero-order valence-corrected chi connectivity index (χ0v) is 16.0. The SMILES string of the molecule is CCCCOC(Nc1nc(N)nc(N=N)n1)(OCCCC)OCCCC. The maximum atomic E-state index is 7.07. The molecule has 10 heteroatoms. The molecule has 4 N–H and O–H groups in total. The smallest absolute Gasteiger partial charge is 0.368 e. The van der Waals surface area contributed by atoms with Gasteiger partial charge in [0.2, 0.25) is 11.9 Å². The van der Waals surface area contributed by atoms with E-state index in [4.69, 9.17) is 25.5 Å². The highest BCUT2D eigenvalue weighted by molar-refractivity contribution is 5.37. The van der Waals surface area contributed by atoms with Gasteiger partial charge in [-0.2, -0.15) is 15.0 Å². The summed E-state index contributed by atoms with van der Waals surface area (Å²) < 4.78 is 17.7. The normalized spacial score (nSPS) is 11.5. The molecule has 0 spiro atoms. The third-order valence-corrected chi connectivity index (χ3v) is 3.38. The Morgan fingerprint density at radius 2 is 1.42 bits per heavy atom. The van der Waals surface area contributed by atoms with Gasteiger partial charge in [-0.05, 0) is 19.3 Å². The predicted octanol–water partition coefficient (Wildman–Crippen LogP) is 3.59. The second-order valence-electron chi connectivity index (χ2n) is 5.72. The Morgan fingerprint density at radius 3 is 1.85 bits per heavy atom. The van der Waals surface area contributed by atoms with Crippen molar-refractivity contribution in [1.82, 2.24) is 15.0 Å². The largest absolute Gasteiger partial charge is 0.377 e. The number of ether oxygens (including phenoxy) is 3. The van der Waals surface area contributed by atoms with Gasteiger partial charge >= 0.3 is 6.10 Å². The molecule has 0 aliphatic carbocycles. The number of rotatable bonds is 15. The summed E-state index contributed by atoms with van der Waals surface area (Å²) in [6.45, 7) is 7.54. The molecule has 1 heterocycles. The van der Waals surface area contributed by atoms with Crippen molar-refractivity contribution in [1.29, 1.82) is 5.53 Å². The summed E-state index contributed by atoms with van der Waals surface area (Å²) in [5.41, 5.74) is 12.7. The first-order valence-electron chi connectivity index (χ1n) is 9.18. The second kappa shape index (κ2) is 12.4. The fourth-order valence-corrected chi connectivity index (χ4v) is 1.91. The van der Waals surface area contributed by atoms with E-state index in [1.807, 2.05) is 0 Å². The maximum Gasteiger partial charge on any atom is 0.377 e. The molecule has 0 saturated carbocycles. The zero-order valence-electron chi connectivity index (χ0n) is 16.0. The van der Waals surface area contributed by atoms with Crippen molar-refractivity contribution in [2.45, 2.75) is 65.4 Å². The minimum absolute atomic E-state index is 0.0573. The van der Waals surface area contributed by atoms with E-state index >= 15 is 0 Å². The Labute approximate surface area is 154 Å². The second-order valence-corrected chi connectivity index (χ2v) is 5.72. The molecule has 0 unspecified atom stereocenters. The van der Waals surface area contributed by atoms with Crippen molar-refractivity contribution in [3.8, 4) is 0 Å². The lowest BCUT2D eigenvalue weighted by Gasteiger charge is -2.33. The van der Waals surface area contributed by atoms with Crippen LogP contribution in [0.1, 0.15) is 59.3 Å². The van der Waals surface area contributed by atoms with Gasteiger partial charge in [-0.1, -0.05) is 40.0 Å². The molecule has 10 nitrogen and oxygen atoms in total. The average molecular weight is 369 g/mol. The molecule has 0 bridgehead atoms. The quantitative estimate of drug-likeness (QED) is 0.242. The summed E-state index contributed by atoms with van der Waals surface area (Å²) in [4.78, 5) is 11.8. The number of hydrogen-bond acceptors (Lipinski definition) is 10. The highest BCUT2D eigenvalue weighted by Gasteiger charge is 2.35. The van der Waals surface area contributed by atoms with Gasteiger partial charge in [0, 0.05) is 0 Å². The van der Waals surface area contributed by atoms with Crippen LogP contribution >= 0.6 is 0 Å². The van der Waals surface area contributed by atoms with Gasteiger partial charge in [-0.15, -0.1) is 5.11 Å². The van der Waals surface area contributed by atoms with E-state index in [1.165, 1.54) is 0 Å². The highest BCUT2D eigenvalue weighted by atomic mass is 16.9. The third kappa shape index (κ3) is 7.98. The molecule has 0 aliphatic rings. The molecule has 1 aromatic heterocycles. The van der Waals surface area contributed by atoms with Gasteiger partial charge in [-0.25, -0.2) is 5.53 Å². The van der Waals surface area contributed by atoms with E-state index in [0.717, 1.165) is 38.5 Å². The number of nitrogens with two attached hydrogens (primary N) is 1. The Balaban J connectivity index is 3.02. The lowest BCUT2D eigenvalue weighted by Crippen LogP contribution is -2.48. The molecule has 148 valence electrons. The van der Waals surface area contributed by atoms with E-state index in [2.05, 4.69) is 46.2 Å². The van der Waals surface area contributed by atoms with Gasteiger partial charge in [-0.3, -0.25) is 5.32 Å². The predicted molar refractivity (Wildman–Crippen MR) is 98.0 cm³/mol. The van der Waals surface area contributed by atoms with Crippen molar-refractivity contribution < 1.29 is 14.2 Å². The van der Waals surface area contributed by atoms with Crippen LogP contribution in [0.25, 0.3) is 0 Å². The summed E-state index contributed by atoms with van der Waals surface area (Å²) >= 11 is 0.